The van der Waals surface area contributed by atoms with Crippen LogP contribution in [-0.4, -0.2) is 33.6 Å². The van der Waals surface area contributed by atoms with E-state index in [1.54, 1.807) is 24.0 Å². The third-order valence-corrected chi connectivity index (χ3v) is 7.71. The summed E-state index contributed by atoms with van der Waals surface area (Å²) in [7, 11) is -2.06. The Balaban J connectivity index is 1.81. The van der Waals surface area contributed by atoms with Crippen molar-refractivity contribution in [2.45, 2.75) is 50.1 Å². The van der Waals surface area contributed by atoms with E-state index in [9.17, 15) is 13.2 Å². The number of oxazole rings is 1. The average Bonchev–Trinajstić information content (AvgIpc) is 3.06. The number of fused-ring (bicyclic) bond motifs is 1. The number of aryl methyl sites for hydroxylation is 2. The quantitative estimate of drug-likeness (QED) is 0.623. The van der Waals surface area contributed by atoms with Crippen LogP contribution in [0.2, 0.25) is 5.02 Å². The van der Waals surface area contributed by atoms with E-state index in [4.69, 9.17) is 16.0 Å². The number of sulfonamides is 1. The summed E-state index contributed by atoms with van der Waals surface area (Å²) in [6, 6.07) is 4.20. The van der Waals surface area contributed by atoms with Crippen molar-refractivity contribution in [2.75, 3.05) is 6.54 Å². The molecule has 1 fully saturated rings. The van der Waals surface area contributed by atoms with Gasteiger partial charge < -0.3 is 4.42 Å². The van der Waals surface area contributed by atoms with Gasteiger partial charge in [-0.3, -0.25) is 9.25 Å². The molecule has 10 heteroatoms. The summed E-state index contributed by atoms with van der Waals surface area (Å²) in [6.07, 6.45) is 4.84. The fraction of sp³-hybridized carbons (Fsp3) is 0.474. The molecule has 0 aliphatic carbocycles. The maximum Gasteiger partial charge on any atom is 0.419 e. The zero-order valence-corrected chi connectivity index (χ0v) is 17.9. The molecule has 0 N–H and O–H groups in total. The first kappa shape index (κ1) is 20.2. The zero-order chi connectivity index (χ0) is 20.8. The Kier molecular flexibility index (Phi) is 5.30. The van der Waals surface area contributed by atoms with Gasteiger partial charge in [0.2, 0.25) is 10.0 Å². The summed E-state index contributed by atoms with van der Waals surface area (Å²) in [5, 5.41) is 4.64. The molecule has 1 aliphatic heterocycles. The lowest BCUT2D eigenvalue weighted by molar-refractivity contribution is 0.315. The van der Waals surface area contributed by atoms with E-state index in [1.165, 1.54) is 21.0 Å². The van der Waals surface area contributed by atoms with Crippen molar-refractivity contribution in [3.8, 4) is 0 Å². The van der Waals surface area contributed by atoms with Crippen LogP contribution < -0.4 is 5.76 Å². The first-order valence-corrected chi connectivity index (χ1v) is 11.5. The Morgan fingerprint density at radius 3 is 2.76 bits per heavy atom. The van der Waals surface area contributed by atoms with Crippen molar-refractivity contribution in [1.29, 1.82) is 0 Å². The average molecular weight is 439 g/mol. The Hall–Kier alpha value is -2.10. The fourth-order valence-corrected chi connectivity index (χ4v) is 6.05. The third kappa shape index (κ3) is 3.41. The summed E-state index contributed by atoms with van der Waals surface area (Å²) < 4.78 is 37.1. The van der Waals surface area contributed by atoms with E-state index in [2.05, 4.69) is 5.10 Å². The zero-order valence-electron chi connectivity index (χ0n) is 16.3. The minimum Gasteiger partial charge on any atom is -0.408 e. The van der Waals surface area contributed by atoms with Gasteiger partial charge >= 0.3 is 5.76 Å². The van der Waals surface area contributed by atoms with E-state index in [0.717, 1.165) is 19.3 Å². The number of hydrogen-bond donors (Lipinski definition) is 0. The van der Waals surface area contributed by atoms with Crippen molar-refractivity contribution in [3.63, 3.8) is 0 Å². The van der Waals surface area contributed by atoms with Crippen molar-refractivity contribution < 1.29 is 12.8 Å². The third-order valence-electron chi connectivity index (χ3n) is 5.52. The van der Waals surface area contributed by atoms with Crippen LogP contribution in [-0.2, 0) is 23.6 Å². The first-order valence-electron chi connectivity index (χ1n) is 9.67. The summed E-state index contributed by atoms with van der Waals surface area (Å²) in [4.78, 5) is 12.1. The Morgan fingerprint density at radius 1 is 1.28 bits per heavy atom. The molecule has 0 bridgehead atoms. The van der Waals surface area contributed by atoms with Gasteiger partial charge in [0.05, 0.1) is 33.4 Å². The highest BCUT2D eigenvalue weighted by Crippen LogP contribution is 2.37. The topological polar surface area (TPSA) is 90.3 Å². The molecule has 0 saturated carbocycles. The minimum atomic E-state index is -3.83. The van der Waals surface area contributed by atoms with E-state index >= 15 is 0 Å². The second kappa shape index (κ2) is 7.62. The number of rotatable bonds is 4. The standard InChI is InChI=1S/C19H23ClN4O4S/c1-3-23-15-9-8-13(11-17(15)28-19(23)25)29(26,27)24-10-6-4-5-7-16(24)18-14(20)12-21-22(18)2/h8-9,11-12,16H,3-7,10H2,1-2H3. The molecule has 1 atom stereocenters. The maximum atomic E-state index is 13.6. The molecule has 4 rings (SSSR count). The normalized spacial score (nSPS) is 18.9. The molecule has 0 radical (unpaired) electrons. The molecular weight excluding hydrogens is 416 g/mol. The van der Waals surface area contributed by atoms with E-state index in [1.807, 2.05) is 6.92 Å². The molecule has 29 heavy (non-hydrogen) atoms. The summed E-state index contributed by atoms with van der Waals surface area (Å²) >= 11 is 6.35. The molecule has 1 aliphatic rings. The van der Waals surface area contributed by atoms with Crippen LogP contribution in [0.1, 0.15) is 44.3 Å². The van der Waals surface area contributed by atoms with Crippen LogP contribution in [0.5, 0.6) is 0 Å². The molecule has 0 spiro atoms. The van der Waals surface area contributed by atoms with Crippen LogP contribution in [0.3, 0.4) is 0 Å². The first-order chi connectivity index (χ1) is 13.8. The van der Waals surface area contributed by atoms with Crippen molar-refractivity contribution >= 4 is 32.7 Å². The van der Waals surface area contributed by atoms with Gasteiger partial charge in [-0.05, 0) is 31.9 Å². The molecule has 8 nitrogen and oxygen atoms in total. The number of hydrogen-bond acceptors (Lipinski definition) is 5. The monoisotopic (exact) mass is 438 g/mol. The lowest BCUT2D eigenvalue weighted by Crippen LogP contribution is -2.35. The molecule has 1 saturated heterocycles. The van der Waals surface area contributed by atoms with Crippen LogP contribution in [0.15, 0.2) is 38.5 Å². The highest BCUT2D eigenvalue weighted by molar-refractivity contribution is 7.89. The van der Waals surface area contributed by atoms with Crippen LogP contribution in [0.4, 0.5) is 0 Å². The van der Waals surface area contributed by atoms with Gasteiger partial charge in [-0.15, -0.1) is 0 Å². The van der Waals surface area contributed by atoms with Crippen LogP contribution >= 0.6 is 11.6 Å². The van der Waals surface area contributed by atoms with Gasteiger partial charge in [-0.1, -0.05) is 24.4 Å². The number of benzene rings is 1. The lowest BCUT2D eigenvalue weighted by atomic mass is 10.1. The molecular formula is C19H23ClN4O4S. The minimum absolute atomic E-state index is 0.104. The highest BCUT2D eigenvalue weighted by atomic mass is 35.5. The van der Waals surface area contributed by atoms with E-state index < -0.39 is 21.8 Å². The van der Waals surface area contributed by atoms with E-state index in [-0.39, 0.29) is 10.5 Å². The molecule has 1 aromatic carbocycles. The summed E-state index contributed by atoms with van der Waals surface area (Å²) in [6.45, 7) is 2.68. The van der Waals surface area contributed by atoms with E-state index in [0.29, 0.717) is 35.7 Å². The van der Waals surface area contributed by atoms with Gasteiger partial charge in [0, 0.05) is 26.2 Å². The summed E-state index contributed by atoms with van der Waals surface area (Å²) in [5.41, 5.74) is 1.54. The van der Waals surface area contributed by atoms with Crippen LogP contribution in [0, 0.1) is 0 Å². The smallest absolute Gasteiger partial charge is 0.408 e. The Morgan fingerprint density at radius 2 is 2.07 bits per heavy atom. The SMILES string of the molecule is CCn1c(=O)oc2cc(S(=O)(=O)N3CCCCCC3c3c(Cl)cnn3C)ccc21. The highest BCUT2D eigenvalue weighted by Gasteiger charge is 2.36. The van der Waals surface area contributed by atoms with Gasteiger partial charge in [-0.25, -0.2) is 13.2 Å². The molecule has 156 valence electrons. The Bertz CT molecular complexity index is 1190. The van der Waals surface area contributed by atoms with Crippen molar-refractivity contribution in [1.82, 2.24) is 18.7 Å². The molecule has 2 aromatic heterocycles. The number of nitrogens with zero attached hydrogens (tertiary/aromatic N) is 4. The second-order valence-electron chi connectivity index (χ2n) is 7.22. The molecule has 0 amide bonds. The largest absolute Gasteiger partial charge is 0.419 e. The predicted octanol–water partition coefficient (Wildman–Crippen LogP) is 3.31. The number of halogens is 1. The molecule has 1 unspecified atom stereocenters. The lowest BCUT2D eigenvalue weighted by Gasteiger charge is -2.29. The summed E-state index contributed by atoms with van der Waals surface area (Å²) in [5.74, 6) is -0.494. The second-order valence-corrected chi connectivity index (χ2v) is 9.52. The molecule has 3 aromatic rings. The Labute approximate surface area is 173 Å². The maximum absolute atomic E-state index is 13.6. The van der Waals surface area contributed by atoms with Gasteiger partial charge in [0.1, 0.15) is 0 Å². The fourth-order valence-electron chi connectivity index (χ4n) is 4.08. The molecule has 3 heterocycles. The number of aromatic nitrogens is 3. The predicted molar refractivity (Wildman–Crippen MR) is 109 cm³/mol. The van der Waals surface area contributed by atoms with Crippen molar-refractivity contribution in [2.24, 2.45) is 7.05 Å². The van der Waals surface area contributed by atoms with Crippen molar-refractivity contribution in [3.05, 3.63) is 45.7 Å². The van der Waals surface area contributed by atoms with Crippen LogP contribution in [0.25, 0.3) is 11.1 Å². The van der Waals surface area contributed by atoms with Gasteiger partial charge in [0.25, 0.3) is 0 Å². The van der Waals surface area contributed by atoms with Gasteiger partial charge in [-0.2, -0.15) is 9.40 Å². The van der Waals surface area contributed by atoms with Gasteiger partial charge in [0.15, 0.2) is 5.58 Å².